The van der Waals surface area contributed by atoms with Crippen LogP contribution in [0.15, 0.2) is 24.3 Å². The quantitative estimate of drug-likeness (QED) is 0.233. The van der Waals surface area contributed by atoms with E-state index in [9.17, 15) is 9.59 Å². The number of halogens is 1. The molecule has 2 heterocycles. The Morgan fingerprint density at radius 1 is 1.33 bits per heavy atom. The second-order valence-corrected chi connectivity index (χ2v) is 10.5. The molecule has 3 rings (SSSR count). The fourth-order valence-corrected chi connectivity index (χ4v) is 5.34. The van der Waals surface area contributed by atoms with Gasteiger partial charge in [0, 0.05) is 43.8 Å². The van der Waals surface area contributed by atoms with Crippen LogP contribution in [0.5, 0.6) is 0 Å². The summed E-state index contributed by atoms with van der Waals surface area (Å²) in [6, 6.07) is 6.97. The van der Waals surface area contributed by atoms with Gasteiger partial charge in [0.2, 0.25) is 0 Å². The molecule has 3 amide bonds. The van der Waals surface area contributed by atoms with Gasteiger partial charge in [-0.3, -0.25) is 5.01 Å². The summed E-state index contributed by atoms with van der Waals surface area (Å²) in [6.07, 6.45) is 5.69. The first kappa shape index (κ1) is 28.5. The Morgan fingerprint density at radius 2 is 2.17 bits per heavy atom. The fourth-order valence-electron chi connectivity index (χ4n) is 5.15. The number of likely N-dealkylation sites (tertiary alicyclic amines) is 1. The molecule has 0 saturated carbocycles. The summed E-state index contributed by atoms with van der Waals surface area (Å²) in [4.78, 5) is 25.9. The van der Waals surface area contributed by atoms with Gasteiger partial charge in [-0.05, 0) is 69.1 Å². The van der Waals surface area contributed by atoms with Crippen LogP contribution in [0, 0.1) is 11.8 Å². The van der Waals surface area contributed by atoms with Crippen molar-refractivity contribution in [2.45, 2.75) is 64.0 Å². The number of hydrazine groups is 1. The van der Waals surface area contributed by atoms with Crippen LogP contribution < -0.4 is 11.2 Å². The Bertz CT molecular complexity index is 836. The molecule has 0 radical (unpaired) electrons. The Morgan fingerprint density at radius 3 is 2.94 bits per heavy atom. The molecule has 10 heteroatoms. The summed E-state index contributed by atoms with van der Waals surface area (Å²) in [5, 5.41) is 13.4. The maximum Gasteiger partial charge on any atom is 0.404 e. The van der Waals surface area contributed by atoms with E-state index in [0.29, 0.717) is 30.6 Å². The highest BCUT2D eigenvalue weighted by molar-refractivity contribution is 6.30. The van der Waals surface area contributed by atoms with Crippen molar-refractivity contribution in [3.05, 3.63) is 34.9 Å². The van der Waals surface area contributed by atoms with E-state index < -0.39 is 6.09 Å². The third-order valence-corrected chi connectivity index (χ3v) is 7.23. The first-order valence-corrected chi connectivity index (χ1v) is 13.5. The van der Waals surface area contributed by atoms with E-state index >= 15 is 0 Å². The van der Waals surface area contributed by atoms with Gasteiger partial charge in [-0.2, -0.15) is 0 Å². The molecule has 9 nitrogen and oxygen atoms in total. The van der Waals surface area contributed by atoms with Crippen LogP contribution >= 0.6 is 11.6 Å². The van der Waals surface area contributed by atoms with Gasteiger partial charge in [-0.1, -0.05) is 30.2 Å². The second-order valence-electron chi connectivity index (χ2n) is 10.1. The molecular weight excluding hydrogens is 484 g/mol. The molecule has 0 spiro atoms. The first-order valence-electron chi connectivity index (χ1n) is 13.1. The number of carboxylic acid groups (broad SMARTS) is 1. The molecule has 1 aromatic rings. The predicted molar refractivity (Wildman–Crippen MR) is 139 cm³/mol. The lowest BCUT2D eigenvalue weighted by Crippen LogP contribution is -2.51. The molecule has 2 aliphatic heterocycles. The van der Waals surface area contributed by atoms with Crippen LogP contribution in [0.2, 0.25) is 5.02 Å². The highest BCUT2D eigenvalue weighted by Crippen LogP contribution is 2.34. The normalized spacial score (nSPS) is 22.4. The van der Waals surface area contributed by atoms with E-state index in [0.717, 1.165) is 50.9 Å². The van der Waals surface area contributed by atoms with Gasteiger partial charge in [0.05, 0.1) is 18.8 Å². The van der Waals surface area contributed by atoms with Gasteiger partial charge < -0.3 is 24.8 Å². The maximum absolute atomic E-state index is 13.1. The van der Waals surface area contributed by atoms with E-state index in [1.165, 1.54) is 17.9 Å². The van der Waals surface area contributed by atoms with Crippen LogP contribution in [0.4, 0.5) is 9.59 Å². The minimum Gasteiger partial charge on any atom is -0.465 e. The van der Waals surface area contributed by atoms with E-state index in [1.807, 2.05) is 23.1 Å². The minimum atomic E-state index is -1.09. The molecule has 2 aliphatic rings. The van der Waals surface area contributed by atoms with Gasteiger partial charge in [-0.15, -0.1) is 0 Å². The van der Waals surface area contributed by atoms with E-state index in [-0.39, 0.29) is 30.7 Å². The number of benzene rings is 1. The number of amides is 3. The molecule has 2 saturated heterocycles. The predicted octanol–water partition coefficient (Wildman–Crippen LogP) is 4.66. The highest BCUT2D eigenvalue weighted by atomic mass is 35.5. The number of nitrogens with one attached hydrogen (secondary N) is 1. The average Bonchev–Trinajstić information content (AvgIpc) is 3.12. The number of piperidine rings is 1. The third-order valence-electron chi connectivity index (χ3n) is 6.99. The van der Waals surface area contributed by atoms with Crippen molar-refractivity contribution in [2.75, 3.05) is 39.5 Å². The van der Waals surface area contributed by atoms with Crippen molar-refractivity contribution in [1.29, 1.82) is 0 Å². The number of urea groups is 1. The van der Waals surface area contributed by atoms with Crippen molar-refractivity contribution in [3.63, 3.8) is 0 Å². The van der Waals surface area contributed by atoms with Crippen molar-refractivity contribution >= 4 is 23.7 Å². The summed E-state index contributed by atoms with van der Waals surface area (Å²) in [6.45, 7) is 5.30. The topological polar surface area (TPSA) is 117 Å². The van der Waals surface area contributed by atoms with E-state index in [2.05, 4.69) is 5.32 Å². The van der Waals surface area contributed by atoms with Crippen molar-refractivity contribution in [3.8, 4) is 0 Å². The molecule has 202 valence electrons. The number of nitrogens with two attached hydrogens (primary N) is 1. The number of ether oxygens (including phenoxy) is 2. The summed E-state index contributed by atoms with van der Waals surface area (Å²) >= 11 is 6.25. The Balaban J connectivity index is 1.57. The molecule has 4 unspecified atom stereocenters. The Hall–Kier alpha value is -2.07. The van der Waals surface area contributed by atoms with Gasteiger partial charge in [0.25, 0.3) is 0 Å². The van der Waals surface area contributed by atoms with Crippen LogP contribution in [-0.2, 0) is 9.47 Å². The van der Waals surface area contributed by atoms with E-state index in [4.69, 9.17) is 32.0 Å². The smallest absolute Gasteiger partial charge is 0.404 e. The van der Waals surface area contributed by atoms with Gasteiger partial charge in [0.15, 0.2) is 0 Å². The number of hydrogen-bond acceptors (Lipinski definition) is 5. The summed E-state index contributed by atoms with van der Waals surface area (Å²) in [7, 11) is 0. The lowest BCUT2D eigenvalue weighted by Gasteiger charge is -2.38. The first-order chi connectivity index (χ1) is 17.3. The number of hydrogen-bond donors (Lipinski definition) is 3. The Kier molecular flexibility index (Phi) is 11.6. The van der Waals surface area contributed by atoms with Gasteiger partial charge in [-0.25, -0.2) is 15.4 Å². The second kappa shape index (κ2) is 14.6. The largest absolute Gasteiger partial charge is 0.465 e. The molecule has 4 atom stereocenters. The van der Waals surface area contributed by atoms with Crippen molar-refractivity contribution in [2.24, 2.45) is 17.7 Å². The summed E-state index contributed by atoms with van der Waals surface area (Å²) in [5.41, 5.74) is 0.916. The third kappa shape index (κ3) is 9.10. The molecule has 0 aliphatic carbocycles. The average molecular weight is 525 g/mol. The van der Waals surface area contributed by atoms with E-state index in [1.54, 1.807) is 13.0 Å². The molecule has 2 fully saturated rings. The number of nitrogens with zero attached hydrogens (tertiary/aromatic N) is 2. The van der Waals surface area contributed by atoms with Gasteiger partial charge in [0.1, 0.15) is 0 Å². The minimum absolute atomic E-state index is 0.0368. The lowest BCUT2D eigenvalue weighted by atomic mass is 9.88. The molecule has 0 bridgehead atoms. The lowest BCUT2D eigenvalue weighted by molar-refractivity contribution is -0.0191. The number of rotatable bonds is 10. The number of carbonyl (C=O) groups is 2. The standard InChI is InChI=1S/C26H41ClN4O5/c1-19(29-25(32)33)17-36-24(21-9-4-11-23(27)15-21)22-10-6-12-30(16-22)26(34)31(28)13-5-8-20-7-2-3-14-35-18-20/h4,9,11,15,19-20,22,24,29H,2-3,5-8,10,12-14,16-18,28H2,1H3,(H,32,33). The van der Waals surface area contributed by atoms with Crippen LogP contribution in [0.1, 0.15) is 63.5 Å². The van der Waals surface area contributed by atoms with Gasteiger partial charge >= 0.3 is 12.1 Å². The van der Waals surface area contributed by atoms with Crippen molar-refractivity contribution in [1.82, 2.24) is 15.2 Å². The molecular formula is C26H41ClN4O5. The summed E-state index contributed by atoms with van der Waals surface area (Å²) in [5.74, 6) is 6.77. The molecule has 36 heavy (non-hydrogen) atoms. The highest BCUT2D eigenvalue weighted by Gasteiger charge is 2.33. The van der Waals surface area contributed by atoms with Crippen LogP contribution in [-0.4, -0.2) is 72.6 Å². The van der Waals surface area contributed by atoms with Crippen LogP contribution in [0.3, 0.4) is 0 Å². The zero-order valence-corrected chi connectivity index (χ0v) is 22.0. The zero-order valence-electron chi connectivity index (χ0n) is 21.2. The van der Waals surface area contributed by atoms with Crippen molar-refractivity contribution < 1.29 is 24.2 Å². The monoisotopic (exact) mass is 524 g/mol. The fraction of sp³-hybridized carbons (Fsp3) is 0.692. The Labute approximate surface area is 219 Å². The molecule has 4 N–H and O–H groups in total. The molecule has 0 aromatic heterocycles. The maximum atomic E-state index is 13.1. The molecule has 1 aromatic carbocycles. The number of carbonyl (C=O) groups excluding carboxylic acids is 1. The summed E-state index contributed by atoms with van der Waals surface area (Å²) < 4.78 is 11.9. The SMILES string of the molecule is CC(COC(c1cccc(Cl)c1)C1CCCN(C(=O)N(N)CCCC2CCCCOC2)C1)NC(=O)O. The zero-order chi connectivity index (χ0) is 25.9. The van der Waals surface area contributed by atoms with Crippen LogP contribution in [0.25, 0.3) is 0 Å².